The van der Waals surface area contributed by atoms with Crippen molar-refractivity contribution in [2.24, 2.45) is 19.1 Å². The van der Waals surface area contributed by atoms with Crippen molar-refractivity contribution in [1.29, 1.82) is 0 Å². The maximum atomic E-state index is 13.1. The third-order valence-corrected chi connectivity index (χ3v) is 4.16. The molecular formula is C18H29F3IN7. The third-order valence-electron chi connectivity index (χ3n) is 4.16. The number of rotatable bonds is 6. The molecule has 11 heteroatoms. The summed E-state index contributed by atoms with van der Waals surface area (Å²) in [4.78, 5) is 6.28. The average Bonchev–Trinajstić information content (AvgIpc) is 3.13. The van der Waals surface area contributed by atoms with E-state index in [1.54, 1.807) is 4.68 Å². The summed E-state index contributed by atoms with van der Waals surface area (Å²) in [5.74, 6) is 0.798. The Hall–Kier alpha value is -1.79. The van der Waals surface area contributed by atoms with Crippen LogP contribution in [-0.4, -0.2) is 44.0 Å². The second-order valence-electron chi connectivity index (χ2n) is 7.07. The molecule has 0 aromatic carbocycles. The molecule has 0 fully saturated rings. The number of aromatic nitrogens is 4. The van der Waals surface area contributed by atoms with Gasteiger partial charge in [0.25, 0.3) is 0 Å². The van der Waals surface area contributed by atoms with E-state index in [0.717, 1.165) is 15.9 Å². The molecule has 0 amide bonds. The van der Waals surface area contributed by atoms with Crippen molar-refractivity contribution in [2.45, 2.75) is 46.0 Å². The fourth-order valence-electron chi connectivity index (χ4n) is 3.01. The van der Waals surface area contributed by atoms with Gasteiger partial charge in [-0.15, -0.1) is 24.0 Å². The van der Waals surface area contributed by atoms with E-state index in [0.29, 0.717) is 19.0 Å². The Bertz CT molecular complexity index is 824. The molecule has 0 saturated carbocycles. The molecule has 2 heterocycles. The zero-order chi connectivity index (χ0) is 21.1. The topological polar surface area (TPSA) is 63.3 Å². The van der Waals surface area contributed by atoms with Gasteiger partial charge in [-0.25, -0.2) is 4.99 Å². The summed E-state index contributed by atoms with van der Waals surface area (Å²) in [6.45, 7) is 7.11. The molecule has 7 nitrogen and oxygen atoms in total. The molecule has 2 aromatic rings. The van der Waals surface area contributed by atoms with Gasteiger partial charge in [-0.3, -0.25) is 9.36 Å². The van der Waals surface area contributed by atoms with E-state index in [9.17, 15) is 13.2 Å². The highest BCUT2D eigenvalue weighted by Crippen LogP contribution is 2.30. The fourth-order valence-corrected chi connectivity index (χ4v) is 3.01. The van der Waals surface area contributed by atoms with Crippen molar-refractivity contribution in [1.82, 2.24) is 29.8 Å². The Kier molecular flexibility index (Phi) is 8.97. The van der Waals surface area contributed by atoms with Crippen LogP contribution in [0.2, 0.25) is 0 Å². The Labute approximate surface area is 186 Å². The summed E-state index contributed by atoms with van der Waals surface area (Å²) in [6.07, 6.45) is -1.19. The van der Waals surface area contributed by atoms with E-state index in [1.165, 1.54) is 13.2 Å². The fraction of sp³-hybridized carbons (Fsp3) is 0.611. The van der Waals surface area contributed by atoms with Gasteiger partial charge in [-0.2, -0.15) is 23.4 Å². The maximum absolute atomic E-state index is 13.1. The molecule has 0 radical (unpaired) electrons. The highest BCUT2D eigenvalue weighted by Gasteiger charge is 2.36. The van der Waals surface area contributed by atoms with Crippen molar-refractivity contribution in [2.75, 3.05) is 13.6 Å². The van der Waals surface area contributed by atoms with Gasteiger partial charge < -0.3 is 10.2 Å². The van der Waals surface area contributed by atoms with Crippen LogP contribution in [-0.2, 0) is 33.4 Å². The summed E-state index contributed by atoms with van der Waals surface area (Å²) in [7, 11) is 5.19. The monoisotopic (exact) mass is 527 g/mol. The minimum absolute atomic E-state index is 0. The summed E-state index contributed by atoms with van der Waals surface area (Å²) in [5.41, 5.74) is 1.20. The zero-order valence-electron chi connectivity index (χ0n) is 17.6. The predicted molar refractivity (Wildman–Crippen MR) is 117 cm³/mol. The molecule has 2 aromatic heterocycles. The molecule has 0 bridgehead atoms. The molecule has 2 rings (SSSR count). The molecule has 0 aliphatic heterocycles. The Morgan fingerprint density at radius 2 is 1.76 bits per heavy atom. The lowest BCUT2D eigenvalue weighted by atomic mass is 10.1. The Balaban J connectivity index is 0.00000420. The molecule has 0 aliphatic carbocycles. The van der Waals surface area contributed by atoms with E-state index >= 15 is 0 Å². The number of hydrogen-bond acceptors (Lipinski definition) is 3. The quantitative estimate of drug-likeness (QED) is 0.355. The molecular weight excluding hydrogens is 498 g/mol. The van der Waals surface area contributed by atoms with Crippen LogP contribution in [0.1, 0.15) is 49.2 Å². The van der Waals surface area contributed by atoms with E-state index in [-0.39, 0.29) is 42.0 Å². The van der Waals surface area contributed by atoms with Crippen LogP contribution in [0.25, 0.3) is 0 Å². The highest BCUT2D eigenvalue weighted by molar-refractivity contribution is 14.0. The van der Waals surface area contributed by atoms with E-state index in [1.807, 2.05) is 32.1 Å². The second kappa shape index (κ2) is 10.3. The Morgan fingerprint density at radius 1 is 1.17 bits per heavy atom. The number of guanidine groups is 1. The van der Waals surface area contributed by atoms with Crippen LogP contribution in [0.3, 0.4) is 0 Å². The predicted octanol–water partition coefficient (Wildman–Crippen LogP) is 3.51. The zero-order valence-corrected chi connectivity index (χ0v) is 19.9. The van der Waals surface area contributed by atoms with Crippen LogP contribution in [0.15, 0.2) is 17.4 Å². The third kappa shape index (κ3) is 6.61. The van der Waals surface area contributed by atoms with Crippen LogP contribution in [0.4, 0.5) is 13.2 Å². The number of aliphatic imine (C=N–C) groups is 1. The minimum Gasteiger partial charge on any atom is -0.357 e. The largest absolute Gasteiger partial charge is 0.435 e. The van der Waals surface area contributed by atoms with E-state index in [2.05, 4.69) is 34.4 Å². The molecule has 0 unspecified atom stereocenters. The maximum Gasteiger partial charge on any atom is 0.435 e. The van der Waals surface area contributed by atoms with Gasteiger partial charge in [0.05, 0.1) is 12.2 Å². The molecule has 29 heavy (non-hydrogen) atoms. The lowest BCUT2D eigenvalue weighted by Gasteiger charge is -2.22. The molecule has 164 valence electrons. The number of aryl methyl sites for hydroxylation is 2. The van der Waals surface area contributed by atoms with Gasteiger partial charge in [0.15, 0.2) is 11.7 Å². The first kappa shape index (κ1) is 25.2. The molecule has 0 aliphatic rings. The first-order valence-corrected chi connectivity index (χ1v) is 9.14. The first-order valence-electron chi connectivity index (χ1n) is 9.14. The van der Waals surface area contributed by atoms with Gasteiger partial charge in [0.2, 0.25) is 0 Å². The van der Waals surface area contributed by atoms with Crippen LogP contribution < -0.4 is 5.32 Å². The van der Waals surface area contributed by atoms with Crippen molar-refractivity contribution in [3.63, 3.8) is 0 Å². The van der Waals surface area contributed by atoms with Gasteiger partial charge in [-0.1, -0.05) is 13.8 Å². The van der Waals surface area contributed by atoms with Crippen molar-refractivity contribution in [3.05, 3.63) is 34.9 Å². The lowest BCUT2D eigenvalue weighted by Crippen LogP contribution is -2.38. The normalized spacial score (nSPS) is 12.3. The number of nitrogens with one attached hydrogen (secondary N) is 1. The van der Waals surface area contributed by atoms with Gasteiger partial charge in [0, 0.05) is 57.8 Å². The van der Waals surface area contributed by atoms with E-state index in [4.69, 9.17) is 0 Å². The molecule has 1 N–H and O–H groups in total. The highest BCUT2D eigenvalue weighted by atomic mass is 127. The van der Waals surface area contributed by atoms with Crippen molar-refractivity contribution in [3.8, 4) is 0 Å². The second-order valence-corrected chi connectivity index (χ2v) is 7.07. The standard InChI is InChI=1S/C18H28F3N7.HI/c1-7-22-17(23-8-13-10-28(6)25-16(13)18(19,20)21)26(4)9-14-11-27(5)24-15(14)12(2)3;/h10-12H,7-9H2,1-6H3,(H,22,23);1H. The lowest BCUT2D eigenvalue weighted by molar-refractivity contribution is -0.142. The molecule has 0 saturated heterocycles. The molecule has 0 atom stereocenters. The van der Waals surface area contributed by atoms with Crippen LogP contribution >= 0.6 is 24.0 Å². The van der Waals surface area contributed by atoms with Crippen LogP contribution in [0.5, 0.6) is 0 Å². The summed E-state index contributed by atoms with van der Waals surface area (Å²) in [6, 6.07) is 0. The number of alkyl halides is 3. The smallest absolute Gasteiger partial charge is 0.357 e. The van der Waals surface area contributed by atoms with Gasteiger partial charge >= 0.3 is 6.18 Å². The van der Waals surface area contributed by atoms with E-state index < -0.39 is 11.9 Å². The first-order chi connectivity index (χ1) is 13.0. The van der Waals surface area contributed by atoms with Gasteiger partial charge in [-0.05, 0) is 12.8 Å². The molecule has 0 spiro atoms. The number of hydrogen-bond donors (Lipinski definition) is 1. The Morgan fingerprint density at radius 3 is 2.31 bits per heavy atom. The van der Waals surface area contributed by atoms with Crippen molar-refractivity contribution < 1.29 is 13.2 Å². The number of nitrogens with zero attached hydrogens (tertiary/aromatic N) is 6. The minimum atomic E-state index is -4.50. The summed E-state index contributed by atoms with van der Waals surface area (Å²) in [5, 5.41) is 11.2. The average molecular weight is 527 g/mol. The van der Waals surface area contributed by atoms with Gasteiger partial charge in [0.1, 0.15) is 0 Å². The van der Waals surface area contributed by atoms with Crippen molar-refractivity contribution >= 4 is 29.9 Å². The summed E-state index contributed by atoms with van der Waals surface area (Å²) < 4.78 is 42.4. The summed E-state index contributed by atoms with van der Waals surface area (Å²) >= 11 is 0. The number of halogens is 4. The van der Waals surface area contributed by atoms with Crippen LogP contribution in [0, 0.1) is 0 Å². The SMILES string of the molecule is CCNC(=NCc1cn(C)nc1C(F)(F)F)N(C)Cc1cn(C)nc1C(C)C.I.